The molecular formula is C10H8BrNO2S. The highest BCUT2D eigenvalue weighted by Crippen LogP contribution is 2.24. The third-order valence-corrected chi connectivity index (χ3v) is 3.91. The fourth-order valence-electron chi connectivity index (χ4n) is 1.28. The Bertz CT molecular complexity index is 509. The van der Waals surface area contributed by atoms with E-state index >= 15 is 0 Å². The van der Waals surface area contributed by atoms with Crippen molar-refractivity contribution in [1.29, 1.82) is 0 Å². The number of nitrogens with zero attached hydrogens (tertiary/aromatic N) is 1. The number of aromatic nitrogens is 1. The number of benzene rings is 1. The number of alkyl halides is 1. The quantitative estimate of drug-likeness (QED) is 0.629. The van der Waals surface area contributed by atoms with Gasteiger partial charge in [0.25, 0.3) is 0 Å². The van der Waals surface area contributed by atoms with Gasteiger partial charge in [0.1, 0.15) is 5.01 Å². The molecule has 0 fully saturated rings. The normalized spacial score (nSPS) is 10.5. The lowest BCUT2D eigenvalue weighted by Gasteiger charge is -1.97. The predicted molar refractivity (Wildman–Crippen MR) is 63.6 cm³/mol. The standard InChI is InChI=1S/C10H8BrNO2S/c1-14-10(13)6-2-3-8-7(4-6)12-9(5-11)15-8/h2-4H,5H2,1H3. The number of methoxy groups -OCH3 is 1. The van der Waals surface area contributed by atoms with E-state index in [1.807, 2.05) is 6.07 Å². The molecule has 5 heteroatoms. The maximum Gasteiger partial charge on any atom is 0.337 e. The molecule has 0 saturated carbocycles. The lowest BCUT2D eigenvalue weighted by atomic mass is 10.2. The molecule has 0 N–H and O–H groups in total. The second kappa shape index (κ2) is 4.28. The number of rotatable bonds is 2. The van der Waals surface area contributed by atoms with Crippen LogP contribution >= 0.6 is 27.3 Å². The fraction of sp³-hybridized carbons (Fsp3) is 0.200. The molecule has 0 amide bonds. The summed E-state index contributed by atoms with van der Waals surface area (Å²) in [6.45, 7) is 0. The molecule has 0 aliphatic carbocycles. The van der Waals surface area contributed by atoms with Crippen molar-refractivity contribution in [2.24, 2.45) is 0 Å². The van der Waals surface area contributed by atoms with Gasteiger partial charge in [0.15, 0.2) is 0 Å². The first kappa shape index (κ1) is 10.6. The average Bonchev–Trinajstić information content (AvgIpc) is 2.69. The molecule has 0 bridgehead atoms. The van der Waals surface area contributed by atoms with Crippen molar-refractivity contribution in [3.63, 3.8) is 0 Å². The van der Waals surface area contributed by atoms with E-state index in [1.54, 1.807) is 23.5 Å². The number of esters is 1. The third kappa shape index (κ3) is 2.03. The highest BCUT2D eigenvalue weighted by Gasteiger charge is 2.08. The molecule has 0 saturated heterocycles. The van der Waals surface area contributed by atoms with E-state index in [4.69, 9.17) is 0 Å². The number of hydrogen-bond donors (Lipinski definition) is 0. The number of hydrogen-bond acceptors (Lipinski definition) is 4. The van der Waals surface area contributed by atoms with Gasteiger partial charge in [0, 0.05) is 0 Å². The van der Waals surface area contributed by atoms with E-state index in [0.717, 1.165) is 20.6 Å². The summed E-state index contributed by atoms with van der Waals surface area (Å²) in [7, 11) is 1.37. The molecule has 15 heavy (non-hydrogen) atoms. The van der Waals surface area contributed by atoms with Crippen LogP contribution < -0.4 is 0 Å². The van der Waals surface area contributed by atoms with Gasteiger partial charge in [0.2, 0.25) is 0 Å². The zero-order valence-corrected chi connectivity index (χ0v) is 10.4. The molecule has 1 aromatic heterocycles. The summed E-state index contributed by atoms with van der Waals surface area (Å²) in [6, 6.07) is 5.40. The van der Waals surface area contributed by atoms with Gasteiger partial charge in [-0.2, -0.15) is 0 Å². The van der Waals surface area contributed by atoms with E-state index in [0.29, 0.717) is 5.56 Å². The summed E-state index contributed by atoms with van der Waals surface area (Å²) < 4.78 is 5.73. The summed E-state index contributed by atoms with van der Waals surface area (Å²) in [6.07, 6.45) is 0. The van der Waals surface area contributed by atoms with Crippen molar-refractivity contribution in [3.8, 4) is 0 Å². The zero-order chi connectivity index (χ0) is 10.8. The monoisotopic (exact) mass is 285 g/mol. The molecule has 0 atom stereocenters. The second-order valence-corrected chi connectivity index (χ2v) is 4.59. The highest BCUT2D eigenvalue weighted by atomic mass is 79.9. The van der Waals surface area contributed by atoms with Crippen LogP contribution in [-0.2, 0) is 10.1 Å². The van der Waals surface area contributed by atoms with E-state index in [-0.39, 0.29) is 5.97 Å². The van der Waals surface area contributed by atoms with Crippen molar-refractivity contribution in [2.45, 2.75) is 5.33 Å². The predicted octanol–water partition coefficient (Wildman–Crippen LogP) is 2.98. The van der Waals surface area contributed by atoms with E-state index in [9.17, 15) is 4.79 Å². The fourth-order valence-corrected chi connectivity index (χ4v) is 2.54. The SMILES string of the molecule is COC(=O)c1ccc2sc(CBr)nc2c1. The van der Waals surface area contributed by atoms with Gasteiger partial charge in [-0.1, -0.05) is 15.9 Å². The minimum absolute atomic E-state index is 0.328. The van der Waals surface area contributed by atoms with Crippen molar-refractivity contribution >= 4 is 43.5 Å². The number of halogens is 1. The second-order valence-electron chi connectivity index (χ2n) is 2.92. The minimum atomic E-state index is -0.328. The third-order valence-electron chi connectivity index (χ3n) is 1.97. The highest BCUT2D eigenvalue weighted by molar-refractivity contribution is 9.08. The van der Waals surface area contributed by atoms with Crippen molar-refractivity contribution < 1.29 is 9.53 Å². The number of carbonyl (C=O) groups excluding carboxylic acids is 1. The molecule has 0 unspecified atom stereocenters. The first-order valence-corrected chi connectivity index (χ1v) is 6.22. The first-order chi connectivity index (χ1) is 7.24. The van der Waals surface area contributed by atoms with Gasteiger partial charge in [-0.25, -0.2) is 9.78 Å². The van der Waals surface area contributed by atoms with Crippen LogP contribution in [0.2, 0.25) is 0 Å². The van der Waals surface area contributed by atoms with E-state index in [1.165, 1.54) is 7.11 Å². The van der Waals surface area contributed by atoms with Gasteiger partial charge in [-0.15, -0.1) is 11.3 Å². The van der Waals surface area contributed by atoms with Gasteiger partial charge >= 0.3 is 5.97 Å². The van der Waals surface area contributed by atoms with Gasteiger partial charge in [-0.3, -0.25) is 0 Å². The van der Waals surface area contributed by atoms with Crippen LogP contribution in [0.5, 0.6) is 0 Å². The molecule has 3 nitrogen and oxygen atoms in total. The van der Waals surface area contributed by atoms with Gasteiger partial charge in [-0.05, 0) is 18.2 Å². The Hall–Kier alpha value is -0.940. The van der Waals surface area contributed by atoms with Crippen LogP contribution in [0.1, 0.15) is 15.4 Å². The zero-order valence-electron chi connectivity index (χ0n) is 7.99. The van der Waals surface area contributed by atoms with Crippen LogP contribution in [0.15, 0.2) is 18.2 Å². The van der Waals surface area contributed by atoms with Crippen LogP contribution in [0.25, 0.3) is 10.2 Å². The number of fused-ring (bicyclic) bond motifs is 1. The van der Waals surface area contributed by atoms with Gasteiger partial charge < -0.3 is 4.74 Å². The number of carbonyl (C=O) groups is 1. The molecule has 0 radical (unpaired) electrons. The summed E-state index contributed by atoms with van der Waals surface area (Å²) in [4.78, 5) is 15.7. The molecule has 0 aliphatic rings. The Balaban J connectivity index is 2.50. The van der Waals surface area contributed by atoms with Crippen molar-refractivity contribution in [3.05, 3.63) is 28.8 Å². The van der Waals surface area contributed by atoms with Gasteiger partial charge in [0.05, 0.1) is 28.2 Å². The molecule has 78 valence electrons. The Labute approximate surface area is 99.2 Å². The lowest BCUT2D eigenvalue weighted by molar-refractivity contribution is 0.0601. The Morgan fingerprint density at radius 1 is 1.60 bits per heavy atom. The average molecular weight is 286 g/mol. The molecule has 1 aromatic carbocycles. The topological polar surface area (TPSA) is 39.2 Å². The lowest BCUT2D eigenvalue weighted by Crippen LogP contribution is -2.00. The van der Waals surface area contributed by atoms with Crippen LogP contribution in [0.3, 0.4) is 0 Å². The molecule has 0 aliphatic heterocycles. The van der Waals surface area contributed by atoms with Crippen LogP contribution in [-0.4, -0.2) is 18.1 Å². The van der Waals surface area contributed by atoms with Crippen molar-refractivity contribution in [1.82, 2.24) is 4.98 Å². The molecule has 1 heterocycles. The largest absolute Gasteiger partial charge is 0.465 e. The summed E-state index contributed by atoms with van der Waals surface area (Å²) in [5.41, 5.74) is 1.38. The maximum absolute atomic E-state index is 11.3. The van der Waals surface area contributed by atoms with E-state index < -0.39 is 0 Å². The van der Waals surface area contributed by atoms with Crippen LogP contribution in [0.4, 0.5) is 0 Å². The van der Waals surface area contributed by atoms with E-state index in [2.05, 4.69) is 25.7 Å². The Kier molecular flexibility index (Phi) is 3.02. The molecule has 2 rings (SSSR count). The Morgan fingerprint density at radius 3 is 3.07 bits per heavy atom. The minimum Gasteiger partial charge on any atom is -0.465 e. The summed E-state index contributed by atoms with van der Waals surface area (Å²) in [5.74, 6) is -0.328. The van der Waals surface area contributed by atoms with Crippen LogP contribution in [0, 0.1) is 0 Å². The number of ether oxygens (including phenoxy) is 1. The molecule has 2 aromatic rings. The Morgan fingerprint density at radius 2 is 2.40 bits per heavy atom. The van der Waals surface area contributed by atoms with Crippen molar-refractivity contribution in [2.75, 3.05) is 7.11 Å². The summed E-state index contributed by atoms with van der Waals surface area (Å²) in [5, 5.41) is 1.74. The molecule has 0 spiro atoms. The smallest absolute Gasteiger partial charge is 0.337 e. The first-order valence-electron chi connectivity index (χ1n) is 4.28. The summed E-state index contributed by atoms with van der Waals surface area (Å²) >= 11 is 4.97. The maximum atomic E-state index is 11.3. The molecular weight excluding hydrogens is 278 g/mol. The number of thiazole rings is 1.